The number of likely N-dealkylation sites (N-methyl/N-ethyl adjacent to an activating group) is 1. The van der Waals surface area contributed by atoms with Gasteiger partial charge >= 0.3 is 0 Å². The molecule has 84 valence electrons. The van der Waals surface area contributed by atoms with Crippen LogP contribution in [0.25, 0.3) is 0 Å². The quantitative estimate of drug-likeness (QED) is 0.729. The Morgan fingerprint density at radius 1 is 1.20 bits per heavy atom. The molecule has 0 fully saturated rings. The van der Waals surface area contributed by atoms with Crippen LogP contribution in [0.3, 0.4) is 0 Å². The maximum atomic E-state index is 2.42. The van der Waals surface area contributed by atoms with Crippen molar-refractivity contribution in [2.24, 2.45) is 0 Å². The molecule has 0 N–H and O–H groups in total. The molecule has 0 spiro atoms. The Morgan fingerprint density at radius 2 is 1.87 bits per heavy atom. The summed E-state index contributed by atoms with van der Waals surface area (Å²) >= 11 is 0. The van der Waals surface area contributed by atoms with E-state index in [9.17, 15) is 0 Å². The monoisotopic (exact) mass is 205 g/mol. The smallest absolute Gasteiger partial charge is 0.0107 e. The van der Waals surface area contributed by atoms with Gasteiger partial charge in [0.15, 0.2) is 0 Å². The molecule has 1 aromatic carbocycles. The first-order chi connectivity index (χ1) is 7.00. The number of nitrogens with zero attached hydrogens (tertiary/aromatic N) is 1. The van der Waals surface area contributed by atoms with Crippen LogP contribution in [0.1, 0.15) is 31.9 Å². The van der Waals surface area contributed by atoms with E-state index in [1.165, 1.54) is 11.1 Å². The van der Waals surface area contributed by atoms with E-state index in [1.807, 2.05) is 0 Å². The van der Waals surface area contributed by atoms with E-state index in [4.69, 9.17) is 0 Å². The van der Waals surface area contributed by atoms with Gasteiger partial charge in [-0.15, -0.1) is 0 Å². The van der Waals surface area contributed by atoms with Crippen molar-refractivity contribution in [1.29, 1.82) is 0 Å². The molecule has 0 saturated heterocycles. The van der Waals surface area contributed by atoms with Crippen molar-refractivity contribution in [3.05, 3.63) is 35.4 Å². The van der Waals surface area contributed by atoms with Gasteiger partial charge in [0.1, 0.15) is 0 Å². The molecule has 0 heterocycles. The minimum Gasteiger partial charge on any atom is -0.301 e. The summed E-state index contributed by atoms with van der Waals surface area (Å²) in [6.45, 7) is 8.93. The first-order valence-electron chi connectivity index (χ1n) is 5.78. The summed E-state index contributed by atoms with van der Waals surface area (Å²) in [7, 11) is 2.20. The maximum absolute atomic E-state index is 2.42. The van der Waals surface area contributed by atoms with Crippen LogP contribution in [0.15, 0.2) is 24.3 Å². The fourth-order valence-corrected chi connectivity index (χ4v) is 1.83. The van der Waals surface area contributed by atoms with Gasteiger partial charge < -0.3 is 4.90 Å². The van der Waals surface area contributed by atoms with E-state index in [1.54, 1.807) is 0 Å². The number of aryl methyl sites for hydroxylation is 1. The molecular formula is C14H23N. The van der Waals surface area contributed by atoms with Gasteiger partial charge in [-0.2, -0.15) is 0 Å². The highest BCUT2D eigenvalue weighted by molar-refractivity contribution is 5.22. The van der Waals surface area contributed by atoms with E-state index >= 15 is 0 Å². The van der Waals surface area contributed by atoms with E-state index in [2.05, 4.69) is 63.9 Å². The summed E-state index contributed by atoms with van der Waals surface area (Å²) < 4.78 is 0. The largest absolute Gasteiger partial charge is 0.301 e. The highest BCUT2D eigenvalue weighted by atomic mass is 15.1. The molecule has 0 aliphatic heterocycles. The molecule has 0 bridgehead atoms. The molecular weight excluding hydrogens is 182 g/mol. The zero-order chi connectivity index (χ0) is 11.4. The number of hydrogen-bond donors (Lipinski definition) is 0. The third-order valence-corrected chi connectivity index (χ3v) is 3.12. The second kappa shape index (κ2) is 5.32. The molecule has 1 nitrogen and oxygen atoms in total. The summed E-state index contributed by atoms with van der Waals surface area (Å²) in [5.74, 6) is 0. The molecule has 0 aliphatic rings. The first kappa shape index (κ1) is 12.3. The second-order valence-corrected chi connectivity index (χ2v) is 4.80. The SMILES string of the molecule is Cc1cccc(CC(C)N(C)C(C)C)c1. The molecule has 0 aliphatic carbocycles. The Hall–Kier alpha value is -0.820. The molecule has 1 atom stereocenters. The Kier molecular flexibility index (Phi) is 4.34. The molecule has 15 heavy (non-hydrogen) atoms. The molecule has 1 aromatic rings. The fourth-order valence-electron chi connectivity index (χ4n) is 1.83. The van der Waals surface area contributed by atoms with E-state index in [-0.39, 0.29) is 0 Å². The summed E-state index contributed by atoms with van der Waals surface area (Å²) in [6.07, 6.45) is 1.14. The van der Waals surface area contributed by atoms with Crippen LogP contribution in [-0.4, -0.2) is 24.0 Å². The average molecular weight is 205 g/mol. The predicted molar refractivity (Wildman–Crippen MR) is 67.2 cm³/mol. The Balaban J connectivity index is 2.62. The van der Waals surface area contributed by atoms with E-state index < -0.39 is 0 Å². The molecule has 1 rings (SSSR count). The van der Waals surface area contributed by atoms with Crippen LogP contribution in [0.2, 0.25) is 0 Å². The molecule has 0 amide bonds. The summed E-state index contributed by atoms with van der Waals surface area (Å²) in [5, 5.41) is 0. The molecule has 1 heteroatoms. The zero-order valence-corrected chi connectivity index (χ0v) is 10.6. The van der Waals surface area contributed by atoms with Crippen LogP contribution in [0.4, 0.5) is 0 Å². The summed E-state index contributed by atoms with van der Waals surface area (Å²) in [5.41, 5.74) is 2.79. The van der Waals surface area contributed by atoms with Crippen LogP contribution in [0.5, 0.6) is 0 Å². The van der Waals surface area contributed by atoms with Gasteiger partial charge in [0.05, 0.1) is 0 Å². The summed E-state index contributed by atoms with van der Waals surface area (Å²) in [6, 6.07) is 10.0. The maximum Gasteiger partial charge on any atom is 0.0107 e. The van der Waals surface area contributed by atoms with Crippen LogP contribution in [0, 0.1) is 6.92 Å². The molecule has 0 saturated carbocycles. The van der Waals surface area contributed by atoms with Gasteiger partial charge in [-0.3, -0.25) is 0 Å². The van der Waals surface area contributed by atoms with Gasteiger partial charge in [-0.05, 0) is 46.7 Å². The van der Waals surface area contributed by atoms with Crippen molar-refractivity contribution in [3.8, 4) is 0 Å². The van der Waals surface area contributed by atoms with Crippen molar-refractivity contribution in [1.82, 2.24) is 4.90 Å². The Labute approximate surface area is 94.1 Å². The van der Waals surface area contributed by atoms with Gasteiger partial charge in [-0.1, -0.05) is 29.8 Å². The predicted octanol–water partition coefficient (Wildman–Crippen LogP) is 3.27. The van der Waals surface area contributed by atoms with Crippen LogP contribution < -0.4 is 0 Å². The number of hydrogen-bond acceptors (Lipinski definition) is 1. The normalized spacial score (nSPS) is 13.5. The number of benzene rings is 1. The van der Waals surface area contributed by atoms with E-state index in [0.717, 1.165) is 6.42 Å². The molecule has 0 radical (unpaired) electrons. The van der Waals surface area contributed by atoms with Crippen molar-refractivity contribution < 1.29 is 0 Å². The third kappa shape index (κ3) is 3.67. The standard InChI is InChI=1S/C14H23N/c1-11(2)15(5)13(4)10-14-8-6-7-12(3)9-14/h6-9,11,13H,10H2,1-5H3. The minimum atomic E-state index is 0.604. The Morgan fingerprint density at radius 3 is 2.40 bits per heavy atom. The second-order valence-electron chi connectivity index (χ2n) is 4.80. The first-order valence-corrected chi connectivity index (χ1v) is 5.78. The lowest BCUT2D eigenvalue weighted by Crippen LogP contribution is -2.36. The van der Waals surface area contributed by atoms with Crippen LogP contribution >= 0.6 is 0 Å². The third-order valence-electron chi connectivity index (χ3n) is 3.12. The lowest BCUT2D eigenvalue weighted by molar-refractivity contribution is 0.207. The van der Waals surface area contributed by atoms with E-state index in [0.29, 0.717) is 12.1 Å². The average Bonchev–Trinajstić information content (AvgIpc) is 2.16. The highest BCUT2D eigenvalue weighted by Gasteiger charge is 2.12. The minimum absolute atomic E-state index is 0.604. The van der Waals surface area contributed by atoms with Crippen molar-refractivity contribution in [2.45, 2.75) is 46.2 Å². The van der Waals surface area contributed by atoms with Crippen LogP contribution in [-0.2, 0) is 6.42 Å². The fraction of sp³-hybridized carbons (Fsp3) is 0.571. The molecule has 1 unspecified atom stereocenters. The topological polar surface area (TPSA) is 3.24 Å². The van der Waals surface area contributed by atoms with Crippen molar-refractivity contribution in [3.63, 3.8) is 0 Å². The Bertz CT molecular complexity index is 304. The molecule has 0 aromatic heterocycles. The van der Waals surface area contributed by atoms with Crippen molar-refractivity contribution in [2.75, 3.05) is 7.05 Å². The van der Waals surface area contributed by atoms with Gasteiger partial charge in [-0.25, -0.2) is 0 Å². The summed E-state index contributed by atoms with van der Waals surface area (Å²) in [4.78, 5) is 2.42. The lowest BCUT2D eigenvalue weighted by atomic mass is 10.0. The van der Waals surface area contributed by atoms with Gasteiger partial charge in [0.2, 0.25) is 0 Å². The number of rotatable bonds is 4. The zero-order valence-electron chi connectivity index (χ0n) is 10.6. The van der Waals surface area contributed by atoms with Gasteiger partial charge in [0.25, 0.3) is 0 Å². The lowest BCUT2D eigenvalue weighted by Gasteiger charge is -2.28. The van der Waals surface area contributed by atoms with Crippen molar-refractivity contribution >= 4 is 0 Å². The highest BCUT2D eigenvalue weighted by Crippen LogP contribution is 2.11. The van der Waals surface area contributed by atoms with Gasteiger partial charge in [0, 0.05) is 12.1 Å².